The number of amides is 1. The molecule has 3 unspecified atom stereocenters. The van der Waals surface area contributed by atoms with E-state index in [1.807, 2.05) is 0 Å². The first-order valence-electron chi connectivity index (χ1n) is 16.2. The highest BCUT2D eigenvalue weighted by Crippen LogP contribution is 2.37. The van der Waals surface area contributed by atoms with Gasteiger partial charge in [0.2, 0.25) is 5.91 Å². The molecule has 4 heterocycles. The molecule has 1 amide bonds. The second-order valence-corrected chi connectivity index (χ2v) is 12.4. The number of aromatic nitrogens is 2. The Labute approximate surface area is 261 Å². The normalized spacial score (nSPS) is 23.5. The van der Waals surface area contributed by atoms with Gasteiger partial charge in [0, 0.05) is 69.6 Å². The van der Waals surface area contributed by atoms with E-state index in [2.05, 4.69) is 51.6 Å². The van der Waals surface area contributed by atoms with Gasteiger partial charge in [-0.25, -0.2) is 0 Å². The topological polar surface area (TPSA) is 98.1 Å². The molecule has 0 N–H and O–H groups in total. The van der Waals surface area contributed by atoms with Crippen molar-refractivity contribution in [3.63, 3.8) is 0 Å². The fourth-order valence-electron chi connectivity index (χ4n) is 7.58. The van der Waals surface area contributed by atoms with Crippen LogP contribution >= 0.6 is 0 Å². The second-order valence-electron chi connectivity index (χ2n) is 12.4. The number of ether oxygens (including phenoxy) is 2. The van der Waals surface area contributed by atoms with E-state index in [0.29, 0.717) is 50.9 Å². The minimum absolute atomic E-state index is 0.127. The molecule has 1 aliphatic carbocycles. The lowest BCUT2D eigenvalue weighted by molar-refractivity contribution is -0.128. The van der Waals surface area contributed by atoms with Gasteiger partial charge < -0.3 is 24.2 Å². The number of nitriles is 1. The number of anilines is 2. The standard InChI is InChI=1S/C34H45N7O3/c1-3-32(42)41-19-18-39(23-27(41)14-15-35)33-29-13-12-26(40-17-6-9-25-8-4-5-11-31(25)40)22-30(29)36-34(37-33)44-24-28-10-7-16-38(28)20-21-43-2/h3-5,8,11,26-28H,1,6-7,9-10,12-14,16-24H2,2H3. The van der Waals surface area contributed by atoms with Crippen molar-refractivity contribution in [2.24, 2.45) is 0 Å². The van der Waals surface area contributed by atoms with Crippen molar-refractivity contribution >= 4 is 17.4 Å². The molecule has 1 aromatic carbocycles. The Morgan fingerprint density at radius 2 is 2.00 bits per heavy atom. The summed E-state index contributed by atoms with van der Waals surface area (Å²) in [5.41, 5.74) is 5.04. The molecule has 10 heteroatoms. The number of para-hydroxylation sites is 1. The maximum atomic E-state index is 12.6. The van der Waals surface area contributed by atoms with Crippen LogP contribution in [0.4, 0.5) is 11.5 Å². The summed E-state index contributed by atoms with van der Waals surface area (Å²) in [4.78, 5) is 31.8. The number of rotatable bonds is 10. The number of methoxy groups -OCH3 is 1. The average Bonchev–Trinajstić information content (AvgIpc) is 3.52. The first kappa shape index (κ1) is 30.4. The molecule has 44 heavy (non-hydrogen) atoms. The first-order chi connectivity index (χ1) is 21.6. The highest BCUT2D eigenvalue weighted by Gasteiger charge is 2.35. The number of hydrogen-bond acceptors (Lipinski definition) is 9. The lowest BCUT2D eigenvalue weighted by atomic mass is 9.88. The van der Waals surface area contributed by atoms with Gasteiger partial charge in [-0.2, -0.15) is 15.2 Å². The molecule has 0 spiro atoms. The minimum Gasteiger partial charge on any atom is -0.462 e. The summed E-state index contributed by atoms with van der Waals surface area (Å²) in [7, 11) is 1.74. The number of piperazine rings is 1. The first-order valence-corrected chi connectivity index (χ1v) is 16.2. The van der Waals surface area contributed by atoms with E-state index in [0.717, 1.165) is 69.7 Å². The molecular formula is C34H45N7O3. The Bertz CT molecular complexity index is 1380. The Hall–Kier alpha value is -3.68. The van der Waals surface area contributed by atoms with Gasteiger partial charge >= 0.3 is 6.01 Å². The van der Waals surface area contributed by atoms with Crippen molar-refractivity contribution < 1.29 is 14.3 Å². The maximum absolute atomic E-state index is 12.6. The molecule has 2 saturated heterocycles. The molecule has 2 aromatic rings. The van der Waals surface area contributed by atoms with E-state index in [9.17, 15) is 10.1 Å². The molecule has 1 aromatic heterocycles. The average molecular weight is 600 g/mol. The summed E-state index contributed by atoms with van der Waals surface area (Å²) >= 11 is 0. The van der Waals surface area contributed by atoms with Crippen molar-refractivity contribution in [1.29, 1.82) is 5.26 Å². The number of nitrogens with zero attached hydrogens (tertiary/aromatic N) is 7. The number of aryl methyl sites for hydroxylation is 1. The lowest BCUT2D eigenvalue weighted by Crippen LogP contribution is -2.55. The summed E-state index contributed by atoms with van der Waals surface area (Å²) in [6.45, 7) is 9.65. The zero-order valence-electron chi connectivity index (χ0n) is 26.0. The molecule has 3 atom stereocenters. The Morgan fingerprint density at radius 1 is 1.11 bits per heavy atom. The Morgan fingerprint density at radius 3 is 2.84 bits per heavy atom. The summed E-state index contributed by atoms with van der Waals surface area (Å²) in [5, 5.41) is 9.56. The van der Waals surface area contributed by atoms with Crippen molar-refractivity contribution in [1.82, 2.24) is 19.8 Å². The predicted octanol–water partition coefficient (Wildman–Crippen LogP) is 3.39. The summed E-state index contributed by atoms with van der Waals surface area (Å²) in [6, 6.07) is 12.0. The number of likely N-dealkylation sites (tertiary alicyclic amines) is 1. The largest absolute Gasteiger partial charge is 0.462 e. The van der Waals surface area contributed by atoms with Crippen LogP contribution in [0.5, 0.6) is 6.01 Å². The van der Waals surface area contributed by atoms with Gasteiger partial charge in [-0.05, 0) is 62.8 Å². The van der Waals surface area contributed by atoms with Crippen LogP contribution < -0.4 is 14.5 Å². The highest BCUT2D eigenvalue weighted by molar-refractivity contribution is 5.87. The molecule has 3 aliphatic heterocycles. The molecule has 2 fully saturated rings. The molecule has 0 radical (unpaired) electrons. The molecular weight excluding hydrogens is 554 g/mol. The van der Waals surface area contributed by atoms with Gasteiger partial charge in [-0.15, -0.1) is 0 Å². The van der Waals surface area contributed by atoms with Crippen LogP contribution in [0.2, 0.25) is 0 Å². The molecule has 10 nitrogen and oxygen atoms in total. The second kappa shape index (κ2) is 14.0. The van der Waals surface area contributed by atoms with E-state index >= 15 is 0 Å². The van der Waals surface area contributed by atoms with Crippen LogP contribution in [0, 0.1) is 11.3 Å². The van der Waals surface area contributed by atoms with Gasteiger partial charge in [0.15, 0.2) is 0 Å². The predicted molar refractivity (Wildman–Crippen MR) is 170 cm³/mol. The van der Waals surface area contributed by atoms with Crippen LogP contribution in [0.1, 0.15) is 48.9 Å². The van der Waals surface area contributed by atoms with E-state index in [4.69, 9.17) is 19.4 Å². The monoisotopic (exact) mass is 599 g/mol. The molecule has 0 saturated carbocycles. The smallest absolute Gasteiger partial charge is 0.318 e. The summed E-state index contributed by atoms with van der Waals surface area (Å²) in [5.74, 6) is 0.775. The summed E-state index contributed by atoms with van der Waals surface area (Å²) in [6.07, 6.45) is 8.91. The van der Waals surface area contributed by atoms with Crippen molar-refractivity contribution in [3.05, 3.63) is 53.7 Å². The van der Waals surface area contributed by atoms with E-state index in [-0.39, 0.29) is 18.4 Å². The van der Waals surface area contributed by atoms with Crippen LogP contribution in [0.15, 0.2) is 36.9 Å². The minimum atomic E-state index is -0.219. The van der Waals surface area contributed by atoms with Crippen LogP contribution in [0.25, 0.3) is 0 Å². The van der Waals surface area contributed by atoms with Crippen molar-refractivity contribution in [2.75, 3.05) is 69.4 Å². The van der Waals surface area contributed by atoms with Gasteiger partial charge in [0.1, 0.15) is 12.4 Å². The van der Waals surface area contributed by atoms with Gasteiger partial charge in [-0.1, -0.05) is 24.8 Å². The lowest BCUT2D eigenvalue weighted by Gasteiger charge is -2.43. The van der Waals surface area contributed by atoms with Crippen molar-refractivity contribution in [2.45, 2.75) is 69.5 Å². The van der Waals surface area contributed by atoms with Crippen LogP contribution in [0.3, 0.4) is 0 Å². The summed E-state index contributed by atoms with van der Waals surface area (Å²) < 4.78 is 11.7. The van der Waals surface area contributed by atoms with E-state index in [1.165, 1.54) is 29.3 Å². The van der Waals surface area contributed by atoms with Crippen molar-refractivity contribution in [3.8, 4) is 12.1 Å². The Kier molecular flexibility index (Phi) is 9.63. The SMILES string of the molecule is C=CC(=O)N1CCN(c2nc(OCC3CCCN3CCOC)nc3c2CCC(N2CCCc4ccccc42)C3)CC1CC#N. The number of carbonyl (C=O) groups is 1. The molecule has 4 aliphatic rings. The van der Waals surface area contributed by atoms with Gasteiger partial charge in [-0.3, -0.25) is 9.69 Å². The third-order valence-electron chi connectivity index (χ3n) is 9.85. The van der Waals surface area contributed by atoms with Gasteiger partial charge in [0.05, 0.1) is 30.8 Å². The third-order valence-corrected chi connectivity index (χ3v) is 9.85. The number of fused-ring (bicyclic) bond motifs is 2. The fraction of sp³-hybridized carbons (Fsp3) is 0.588. The quantitative estimate of drug-likeness (QED) is 0.381. The van der Waals surface area contributed by atoms with E-state index in [1.54, 1.807) is 12.0 Å². The van der Waals surface area contributed by atoms with Crippen LogP contribution in [-0.4, -0.2) is 103 Å². The fourth-order valence-corrected chi connectivity index (χ4v) is 7.58. The Balaban J connectivity index is 1.28. The molecule has 234 valence electrons. The highest BCUT2D eigenvalue weighted by atomic mass is 16.5. The zero-order valence-corrected chi connectivity index (χ0v) is 26.0. The molecule has 6 rings (SSSR count). The maximum Gasteiger partial charge on any atom is 0.318 e. The number of hydrogen-bond donors (Lipinski definition) is 0. The molecule has 0 bridgehead atoms. The number of carbonyl (C=O) groups excluding carboxylic acids is 1. The third kappa shape index (κ3) is 6.40. The van der Waals surface area contributed by atoms with Gasteiger partial charge in [0.25, 0.3) is 0 Å². The van der Waals surface area contributed by atoms with Crippen LogP contribution in [-0.2, 0) is 28.8 Å². The van der Waals surface area contributed by atoms with E-state index < -0.39 is 0 Å². The number of benzene rings is 1. The zero-order chi connectivity index (χ0) is 30.5.